The third kappa shape index (κ3) is 4.25. The molecule has 2 aromatic carbocycles. The molecule has 0 radical (unpaired) electrons. The number of para-hydroxylation sites is 1. The van der Waals surface area contributed by atoms with E-state index in [1.54, 1.807) is 31.4 Å². The van der Waals surface area contributed by atoms with Gasteiger partial charge in [-0.3, -0.25) is 4.79 Å². The first-order chi connectivity index (χ1) is 10.1. The van der Waals surface area contributed by atoms with Crippen molar-refractivity contribution in [2.75, 3.05) is 12.4 Å². The molecule has 0 heterocycles. The van der Waals surface area contributed by atoms with E-state index in [1.807, 2.05) is 24.3 Å². The predicted octanol–water partition coefficient (Wildman–Crippen LogP) is 4.65. The van der Waals surface area contributed by atoms with Gasteiger partial charge in [0.1, 0.15) is 5.75 Å². The van der Waals surface area contributed by atoms with Gasteiger partial charge in [-0.2, -0.15) is 0 Å². The molecule has 0 atom stereocenters. The molecule has 0 bridgehead atoms. The van der Waals surface area contributed by atoms with Crippen molar-refractivity contribution in [1.82, 2.24) is 0 Å². The summed E-state index contributed by atoms with van der Waals surface area (Å²) in [4.78, 5) is 11.9. The topological polar surface area (TPSA) is 38.3 Å². The lowest BCUT2D eigenvalue weighted by Crippen LogP contribution is -2.08. The summed E-state index contributed by atoms with van der Waals surface area (Å²) in [7, 11) is 1.58. The summed E-state index contributed by atoms with van der Waals surface area (Å²) in [6, 6.07) is 12.3. The number of rotatable bonds is 4. The number of hydrogen-bond donors (Lipinski definition) is 1. The van der Waals surface area contributed by atoms with Gasteiger partial charge in [-0.1, -0.05) is 41.4 Å². The minimum Gasteiger partial charge on any atom is -0.496 e. The van der Waals surface area contributed by atoms with Crippen molar-refractivity contribution in [3.63, 3.8) is 0 Å². The monoisotopic (exact) mass is 321 g/mol. The SMILES string of the molecule is COc1ccccc1C=CC(=O)Nc1cc(Cl)ccc1Cl. The number of benzene rings is 2. The van der Waals surface area contributed by atoms with Gasteiger partial charge in [-0.25, -0.2) is 0 Å². The number of carbonyl (C=O) groups is 1. The van der Waals surface area contributed by atoms with E-state index in [1.165, 1.54) is 6.08 Å². The van der Waals surface area contributed by atoms with Crippen LogP contribution in [0.1, 0.15) is 5.56 Å². The average molecular weight is 322 g/mol. The molecule has 0 aromatic heterocycles. The fraction of sp³-hybridized carbons (Fsp3) is 0.0625. The summed E-state index contributed by atoms with van der Waals surface area (Å²) in [5, 5.41) is 3.61. The normalized spacial score (nSPS) is 10.6. The molecule has 0 saturated heterocycles. The Morgan fingerprint density at radius 3 is 2.71 bits per heavy atom. The zero-order chi connectivity index (χ0) is 15.2. The highest BCUT2D eigenvalue weighted by molar-refractivity contribution is 6.35. The van der Waals surface area contributed by atoms with E-state index in [9.17, 15) is 4.79 Å². The molecule has 2 aromatic rings. The first-order valence-corrected chi connectivity index (χ1v) is 6.93. The molecule has 0 aliphatic carbocycles. The van der Waals surface area contributed by atoms with Gasteiger partial charge in [-0.05, 0) is 30.3 Å². The van der Waals surface area contributed by atoms with E-state index in [2.05, 4.69) is 5.32 Å². The van der Waals surface area contributed by atoms with Crippen LogP contribution in [0.25, 0.3) is 6.08 Å². The number of halogens is 2. The average Bonchev–Trinajstić information content (AvgIpc) is 2.49. The second-order valence-corrected chi connectivity index (χ2v) is 5.03. The molecule has 0 aliphatic rings. The van der Waals surface area contributed by atoms with E-state index in [0.717, 1.165) is 5.56 Å². The van der Waals surface area contributed by atoms with E-state index >= 15 is 0 Å². The summed E-state index contributed by atoms with van der Waals surface area (Å²) in [6.45, 7) is 0. The van der Waals surface area contributed by atoms with Gasteiger partial charge in [0.25, 0.3) is 0 Å². The van der Waals surface area contributed by atoms with Crippen LogP contribution < -0.4 is 10.1 Å². The highest BCUT2D eigenvalue weighted by Crippen LogP contribution is 2.25. The zero-order valence-corrected chi connectivity index (χ0v) is 12.8. The summed E-state index contributed by atoms with van der Waals surface area (Å²) in [5.41, 5.74) is 1.28. The third-order valence-electron chi connectivity index (χ3n) is 2.74. The minimum absolute atomic E-state index is 0.301. The van der Waals surface area contributed by atoms with Gasteiger partial charge >= 0.3 is 0 Å². The van der Waals surface area contributed by atoms with Crippen molar-refractivity contribution in [2.24, 2.45) is 0 Å². The number of methoxy groups -OCH3 is 1. The number of carbonyl (C=O) groups excluding carboxylic acids is 1. The Balaban J connectivity index is 2.11. The fourth-order valence-electron chi connectivity index (χ4n) is 1.74. The lowest BCUT2D eigenvalue weighted by Gasteiger charge is -2.06. The van der Waals surface area contributed by atoms with Crippen molar-refractivity contribution < 1.29 is 9.53 Å². The van der Waals surface area contributed by atoms with Gasteiger partial charge in [-0.15, -0.1) is 0 Å². The van der Waals surface area contributed by atoms with Crippen molar-refractivity contribution in [3.05, 3.63) is 64.1 Å². The van der Waals surface area contributed by atoms with Crippen molar-refractivity contribution in [2.45, 2.75) is 0 Å². The smallest absolute Gasteiger partial charge is 0.248 e. The Morgan fingerprint density at radius 1 is 1.19 bits per heavy atom. The van der Waals surface area contributed by atoms with Crippen LogP contribution in [-0.2, 0) is 4.79 Å². The maximum absolute atomic E-state index is 11.9. The third-order valence-corrected chi connectivity index (χ3v) is 3.30. The second kappa shape index (κ2) is 7.16. The lowest BCUT2D eigenvalue weighted by atomic mass is 10.2. The molecule has 0 fully saturated rings. The lowest BCUT2D eigenvalue weighted by molar-refractivity contribution is -0.111. The Hall–Kier alpha value is -1.97. The zero-order valence-electron chi connectivity index (χ0n) is 11.3. The Labute approximate surface area is 133 Å². The molecular formula is C16H13Cl2NO2. The summed E-state index contributed by atoms with van der Waals surface area (Å²) < 4.78 is 5.21. The maximum atomic E-state index is 11.9. The molecule has 5 heteroatoms. The maximum Gasteiger partial charge on any atom is 0.248 e. The Kier molecular flexibility index (Phi) is 5.26. The van der Waals surface area contributed by atoms with Crippen LogP contribution in [0, 0.1) is 0 Å². The van der Waals surface area contributed by atoms with Gasteiger partial charge in [0.2, 0.25) is 5.91 Å². The number of hydrogen-bond acceptors (Lipinski definition) is 2. The molecule has 1 N–H and O–H groups in total. The molecule has 0 unspecified atom stereocenters. The van der Waals surface area contributed by atoms with Gasteiger partial charge in [0.15, 0.2) is 0 Å². The van der Waals surface area contributed by atoms with Crippen LogP contribution in [0.15, 0.2) is 48.5 Å². The second-order valence-electron chi connectivity index (χ2n) is 4.19. The predicted molar refractivity (Wildman–Crippen MR) is 87.1 cm³/mol. The molecule has 0 saturated carbocycles. The molecule has 0 aliphatic heterocycles. The standard InChI is InChI=1S/C16H13Cl2NO2/c1-21-15-5-3-2-4-11(15)6-9-16(20)19-14-10-12(17)7-8-13(14)18/h2-10H,1H3,(H,19,20). The quantitative estimate of drug-likeness (QED) is 0.832. The molecule has 0 spiro atoms. The van der Waals surface area contributed by atoms with E-state index < -0.39 is 0 Å². The first kappa shape index (κ1) is 15.4. The first-order valence-electron chi connectivity index (χ1n) is 6.17. The molecule has 21 heavy (non-hydrogen) atoms. The number of amides is 1. The van der Waals surface area contributed by atoms with Gasteiger partial charge < -0.3 is 10.1 Å². The minimum atomic E-state index is -0.301. The molecule has 2 rings (SSSR count). The van der Waals surface area contributed by atoms with Crippen molar-refractivity contribution >= 4 is 40.9 Å². The Morgan fingerprint density at radius 2 is 1.95 bits per heavy atom. The largest absolute Gasteiger partial charge is 0.496 e. The highest BCUT2D eigenvalue weighted by Gasteiger charge is 2.04. The van der Waals surface area contributed by atoms with Crippen LogP contribution in [-0.4, -0.2) is 13.0 Å². The molecule has 3 nitrogen and oxygen atoms in total. The van der Waals surface area contributed by atoms with E-state index in [0.29, 0.717) is 21.5 Å². The fourth-order valence-corrected chi connectivity index (χ4v) is 2.07. The number of nitrogens with one attached hydrogen (secondary N) is 1. The molecule has 1 amide bonds. The van der Waals surface area contributed by atoms with Crippen LogP contribution in [0.2, 0.25) is 10.0 Å². The van der Waals surface area contributed by atoms with Crippen molar-refractivity contribution in [3.8, 4) is 5.75 Å². The molecular weight excluding hydrogens is 309 g/mol. The van der Waals surface area contributed by atoms with Crippen molar-refractivity contribution in [1.29, 1.82) is 0 Å². The van der Waals surface area contributed by atoms with Crippen LogP contribution in [0.4, 0.5) is 5.69 Å². The van der Waals surface area contributed by atoms with Gasteiger partial charge in [0.05, 0.1) is 17.8 Å². The van der Waals surface area contributed by atoms with E-state index in [-0.39, 0.29) is 5.91 Å². The highest BCUT2D eigenvalue weighted by atomic mass is 35.5. The molecule has 108 valence electrons. The van der Waals surface area contributed by atoms with Crippen LogP contribution in [0.3, 0.4) is 0 Å². The van der Waals surface area contributed by atoms with Crippen LogP contribution in [0.5, 0.6) is 5.75 Å². The number of anilines is 1. The summed E-state index contributed by atoms with van der Waals surface area (Å²) >= 11 is 11.9. The Bertz CT molecular complexity index is 684. The number of ether oxygens (including phenoxy) is 1. The van der Waals surface area contributed by atoms with Crippen LogP contribution >= 0.6 is 23.2 Å². The summed E-state index contributed by atoms with van der Waals surface area (Å²) in [5.74, 6) is 0.396. The van der Waals surface area contributed by atoms with Gasteiger partial charge in [0, 0.05) is 16.7 Å². The van der Waals surface area contributed by atoms with E-state index in [4.69, 9.17) is 27.9 Å². The summed E-state index contributed by atoms with van der Waals surface area (Å²) in [6.07, 6.45) is 3.09.